The number of rotatable bonds is 5. The van der Waals surface area contributed by atoms with Crippen molar-refractivity contribution in [3.05, 3.63) is 35.4 Å². The molecule has 0 radical (unpaired) electrons. The van der Waals surface area contributed by atoms with E-state index in [1.165, 1.54) is 17.5 Å². The predicted octanol–water partition coefficient (Wildman–Crippen LogP) is 1.39. The van der Waals surface area contributed by atoms with Gasteiger partial charge in [0.05, 0.1) is 25.9 Å². The van der Waals surface area contributed by atoms with Gasteiger partial charge in [0, 0.05) is 65.4 Å². The van der Waals surface area contributed by atoms with Crippen LogP contribution in [0.15, 0.2) is 29.3 Å². The van der Waals surface area contributed by atoms with E-state index in [1.54, 1.807) is 0 Å². The summed E-state index contributed by atoms with van der Waals surface area (Å²) in [4.78, 5) is 12.0. The quantitative estimate of drug-likeness (QED) is 0.579. The van der Waals surface area contributed by atoms with Crippen LogP contribution in [-0.4, -0.2) is 98.9 Å². The summed E-state index contributed by atoms with van der Waals surface area (Å²) in [7, 11) is 1.89. The summed E-state index contributed by atoms with van der Waals surface area (Å²) in [6, 6.07) is 9.54. The Labute approximate surface area is 181 Å². The maximum absolute atomic E-state index is 5.66. The Morgan fingerprint density at radius 1 is 1.10 bits per heavy atom. The SMILES string of the molecule is CN=C(NCc1cccc(CN2CCOC(C)C2)c1)N1CCC(N2CCOCC2)C1. The molecule has 1 N–H and O–H groups in total. The molecule has 166 valence electrons. The molecule has 3 aliphatic heterocycles. The van der Waals surface area contributed by atoms with Gasteiger partial charge < -0.3 is 19.7 Å². The van der Waals surface area contributed by atoms with E-state index in [0.29, 0.717) is 12.1 Å². The van der Waals surface area contributed by atoms with Crippen LogP contribution in [0.25, 0.3) is 0 Å². The molecule has 30 heavy (non-hydrogen) atoms. The first-order valence-corrected chi connectivity index (χ1v) is 11.4. The number of ether oxygens (including phenoxy) is 2. The first-order valence-electron chi connectivity index (χ1n) is 11.4. The van der Waals surface area contributed by atoms with E-state index in [-0.39, 0.29) is 0 Å². The number of morpholine rings is 2. The fourth-order valence-electron chi connectivity index (χ4n) is 4.82. The first kappa shape index (κ1) is 21.6. The van der Waals surface area contributed by atoms with Crippen molar-refractivity contribution in [1.29, 1.82) is 0 Å². The average Bonchev–Trinajstić information content (AvgIpc) is 3.25. The van der Waals surface area contributed by atoms with Gasteiger partial charge in [-0.15, -0.1) is 0 Å². The molecule has 1 aromatic rings. The minimum atomic E-state index is 0.327. The van der Waals surface area contributed by atoms with Gasteiger partial charge in [-0.3, -0.25) is 14.8 Å². The van der Waals surface area contributed by atoms with E-state index in [1.807, 2.05) is 7.05 Å². The molecular weight excluding hydrogens is 378 g/mol. The van der Waals surface area contributed by atoms with Crippen LogP contribution in [0.3, 0.4) is 0 Å². The summed E-state index contributed by atoms with van der Waals surface area (Å²) in [6.45, 7) is 12.8. The molecule has 0 aromatic heterocycles. The molecule has 3 aliphatic rings. The molecule has 0 amide bonds. The number of aliphatic imine (C=N–C) groups is 1. The third kappa shape index (κ3) is 5.72. The lowest BCUT2D eigenvalue weighted by Crippen LogP contribution is -2.46. The largest absolute Gasteiger partial charge is 0.379 e. The second-order valence-corrected chi connectivity index (χ2v) is 8.67. The monoisotopic (exact) mass is 415 g/mol. The summed E-state index contributed by atoms with van der Waals surface area (Å²) >= 11 is 0. The summed E-state index contributed by atoms with van der Waals surface area (Å²) in [5, 5.41) is 3.59. The van der Waals surface area contributed by atoms with Gasteiger partial charge in [0.15, 0.2) is 5.96 Å². The third-order valence-electron chi connectivity index (χ3n) is 6.41. The number of benzene rings is 1. The molecule has 2 unspecified atom stereocenters. The molecule has 0 saturated carbocycles. The van der Waals surface area contributed by atoms with Crippen LogP contribution in [0.5, 0.6) is 0 Å². The van der Waals surface area contributed by atoms with Crippen molar-refractivity contribution >= 4 is 5.96 Å². The maximum atomic E-state index is 5.66. The minimum Gasteiger partial charge on any atom is -0.379 e. The van der Waals surface area contributed by atoms with E-state index in [2.05, 4.69) is 56.2 Å². The van der Waals surface area contributed by atoms with Crippen molar-refractivity contribution in [1.82, 2.24) is 20.0 Å². The van der Waals surface area contributed by atoms with Crippen molar-refractivity contribution in [2.24, 2.45) is 4.99 Å². The second kappa shape index (κ2) is 10.6. The summed E-state index contributed by atoms with van der Waals surface area (Å²) < 4.78 is 11.2. The zero-order chi connectivity index (χ0) is 20.8. The second-order valence-electron chi connectivity index (χ2n) is 8.67. The minimum absolute atomic E-state index is 0.327. The summed E-state index contributed by atoms with van der Waals surface area (Å²) in [5.74, 6) is 1.01. The van der Waals surface area contributed by atoms with E-state index in [4.69, 9.17) is 9.47 Å². The van der Waals surface area contributed by atoms with Gasteiger partial charge in [-0.1, -0.05) is 24.3 Å². The fourth-order valence-corrected chi connectivity index (χ4v) is 4.82. The maximum Gasteiger partial charge on any atom is 0.193 e. The summed E-state index contributed by atoms with van der Waals surface area (Å²) in [6.07, 6.45) is 1.53. The molecule has 0 aliphatic carbocycles. The van der Waals surface area contributed by atoms with E-state index < -0.39 is 0 Å². The number of hydrogen-bond donors (Lipinski definition) is 1. The Balaban J connectivity index is 1.28. The normalized spacial score (nSPS) is 26.9. The van der Waals surface area contributed by atoms with Gasteiger partial charge >= 0.3 is 0 Å². The molecule has 4 rings (SSSR count). The lowest BCUT2D eigenvalue weighted by molar-refractivity contribution is -0.0212. The number of likely N-dealkylation sites (tertiary alicyclic amines) is 1. The van der Waals surface area contributed by atoms with E-state index in [9.17, 15) is 0 Å². The summed E-state index contributed by atoms with van der Waals surface area (Å²) in [5.41, 5.74) is 2.67. The number of hydrogen-bond acceptors (Lipinski definition) is 5. The molecule has 0 spiro atoms. The molecule has 1 aromatic carbocycles. The van der Waals surface area contributed by atoms with Gasteiger partial charge in [-0.05, 0) is 24.5 Å². The Hall–Kier alpha value is -1.67. The van der Waals surface area contributed by atoms with Crippen molar-refractivity contribution in [2.75, 3.05) is 66.1 Å². The Kier molecular flexibility index (Phi) is 7.60. The lowest BCUT2D eigenvalue weighted by Gasteiger charge is -2.32. The zero-order valence-electron chi connectivity index (χ0n) is 18.6. The molecule has 7 heteroatoms. The van der Waals surface area contributed by atoms with Crippen LogP contribution >= 0.6 is 0 Å². The standard InChI is InChI=1S/C23H37N5O2/c1-19-16-26(8-13-30-19)17-21-5-3-4-20(14-21)15-25-23(24-2)28-7-6-22(18-28)27-9-11-29-12-10-27/h3-5,14,19,22H,6-13,15-18H2,1-2H3,(H,24,25). The van der Waals surface area contributed by atoms with Crippen molar-refractivity contribution in [2.45, 2.75) is 38.6 Å². The first-order chi connectivity index (χ1) is 14.7. The lowest BCUT2D eigenvalue weighted by atomic mass is 10.1. The molecule has 2 atom stereocenters. The fraction of sp³-hybridized carbons (Fsp3) is 0.696. The number of nitrogens with zero attached hydrogens (tertiary/aromatic N) is 4. The Morgan fingerprint density at radius 3 is 2.73 bits per heavy atom. The molecule has 0 bridgehead atoms. The average molecular weight is 416 g/mol. The molecule has 7 nitrogen and oxygen atoms in total. The van der Waals surface area contributed by atoms with Crippen LogP contribution in [0, 0.1) is 0 Å². The molecule has 3 heterocycles. The van der Waals surface area contributed by atoms with Crippen LogP contribution in [0.4, 0.5) is 0 Å². The highest BCUT2D eigenvalue weighted by Gasteiger charge is 2.30. The highest BCUT2D eigenvalue weighted by molar-refractivity contribution is 5.80. The number of nitrogens with one attached hydrogen (secondary N) is 1. The molecule has 3 fully saturated rings. The smallest absolute Gasteiger partial charge is 0.193 e. The van der Waals surface area contributed by atoms with Crippen molar-refractivity contribution < 1.29 is 9.47 Å². The van der Waals surface area contributed by atoms with Crippen molar-refractivity contribution in [3.8, 4) is 0 Å². The molecule has 3 saturated heterocycles. The van der Waals surface area contributed by atoms with Gasteiger partial charge in [-0.2, -0.15) is 0 Å². The van der Waals surface area contributed by atoms with Crippen LogP contribution in [-0.2, 0) is 22.6 Å². The van der Waals surface area contributed by atoms with Gasteiger partial charge in [0.2, 0.25) is 0 Å². The van der Waals surface area contributed by atoms with Crippen LogP contribution in [0.2, 0.25) is 0 Å². The highest BCUT2D eigenvalue weighted by Crippen LogP contribution is 2.17. The Bertz CT molecular complexity index is 707. The topological polar surface area (TPSA) is 52.6 Å². The van der Waals surface area contributed by atoms with Gasteiger partial charge in [0.1, 0.15) is 0 Å². The van der Waals surface area contributed by atoms with E-state index in [0.717, 1.165) is 78.1 Å². The van der Waals surface area contributed by atoms with Crippen LogP contribution in [0.1, 0.15) is 24.5 Å². The highest BCUT2D eigenvalue weighted by atomic mass is 16.5. The van der Waals surface area contributed by atoms with Crippen LogP contribution < -0.4 is 5.32 Å². The zero-order valence-corrected chi connectivity index (χ0v) is 18.6. The predicted molar refractivity (Wildman–Crippen MR) is 120 cm³/mol. The van der Waals surface area contributed by atoms with Crippen molar-refractivity contribution in [3.63, 3.8) is 0 Å². The van der Waals surface area contributed by atoms with Gasteiger partial charge in [-0.25, -0.2) is 0 Å². The Morgan fingerprint density at radius 2 is 1.93 bits per heavy atom. The third-order valence-corrected chi connectivity index (χ3v) is 6.41. The van der Waals surface area contributed by atoms with Gasteiger partial charge in [0.25, 0.3) is 0 Å². The number of guanidine groups is 1. The molecular formula is C23H37N5O2. The van der Waals surface area contributed by atoms with E-state index >= 15 is 0 Å².